The van der Waals surface area contributed by atoms with Gasteiger partial charge in [0.05, 0.1) is 11.6 Å². The van der Waals surface area contributed by atoms with Crippen LogP contribution in [0.5, 0.6) is 0 Å². The van der Waals surface area contributed by atoms with Crippen molar-refractivity contribution >= 4 is 5.91 Å². The number of aliphatic hydroxyl groups is 1. The van der Waals surface area contributed by atoms with Crippen molar-refractivity contribution in [1.29, 1.82) is 0 Å². The van der Waals surface area contributed by atoms with Gasteiger partial charge in [-0.2, -0.15) is 0 Å². The van der Waals surface area contributed by atoms with Crippen LogP contribution in [0.3, 0.4) is 0 Å². The highest BCUT2D eigenvalue weighted by atomic mass is 16.3. The number of rotatable bonds is 2. The Balaban J connectivity index is 1.78. The molecule has 0 bridgehead atoms. The maximum absolute atomic E-state index is 11.5. The Morgan fingerprint density at radius 3 is 2.46 bits per heavy atom. The summed E-state index contributed by atoms with van der Waals surface area (Å²) in [6.07, 6.45) is 3.80. The third-order valence-corrected chi connectivity index (χ3v) is 3.15. The Kier molecular flexibility index (Phi) is 2.04. The van der Waals surface area contributed by atoms with Crippen LogP contribution in [0.2, 0.25) is 0 Å². The van der Waals surface area contributed by atoms with E-state index in [1.807, 2.05) is 0 Å². The molecule has 0 radical (unpaired) electrons. The molecule has 1 amide bonds. The van der Waals surface area contributed by atoms with Crippen LogP contribution in [0.15, 0.2) is 0 Å². The van der Waals surface area contributed by atoms with Crippen LogP contribution in [0.25, 0.3) is 0 Å². The molecule has 2 aliphatic carbocycles. The quantitative estimate of drug-likeness (QED) is 0.542. The second-order valence-corrected chi connectivity index (χ2v) is 4.31. The monoisotopic (exact) mass is 184 g/mol. The number of amides is 1. The smallest absolute Gasteiger partial charge is 0.240 e. The topological polar surface area (TPSA) is 75.4 Å². The Hall–Kier alpha value is -0.610. The highest BCUT2D eigenvalue weighted by molar-refractivity contribution is 5.87. The lowest BCUT2D eigenvalue weighted by atomic mass is 9.76. The van der Waals surface area contributed by atoms with Crippen molar-refractivity contribution < 1.29 is 9.90 Å². The van der Waals surface area contributed by atoms with Crippen molar-refractivity contribution in [3.8, 4) is 0 Å². The first-order chi connectivity index (χ1) is 6.10. The minimum Gasteiger partial charge on any atom is -0.393 e. The van der Waals surface area contributed by atoms with E-state index >= 15 is 0 Å². The Morgan fingerprint density at radius 1 is 1.46 bits per heavy atom. The summed E-state index contributed by atoms with van der Waals surface area (Å²) in [5.74, 6) is -0.0318. The van der Waals surface area contributed by atoms with E-state index < -0.39 is 5.54 Å². The molecule has 2 rings (SSSR count). The molecule has 74 valence electrons. The average molecular weight is 184 g/mol. The first kappa shape index (κ1) is 8.97. The van der Waals surface area contributed by atoms with Crippen molar-refractivity contribution in [2.75, 3.05) is 0 Å². The fraction of sp³-hybridized carbons (Fsp3) is 0.889. The van der Waals surface area contributed by atoms with Crippen molar-refractivity contribution in [2.24, 2.45) is 5.73 Å². The molecular formula is C9H16N2O2. The van der Waals surface area contributed by atoms with Gasteiger partial charge in [0.1, 0.15) is 0 Å². The molecule has 0 unspecified atom stereocenters. The lowest BCUT2D eigenvalue weighted by Gasteiger charge is -2.40. The molecule has 2 aliphatic rings. The summed E-state index contributed by atoms with van der Waals surface area (Å²) in [5, 5.41) is 11.9. The minimum absolute atomic E-state index is 0.0318. The zero-order valence-corrected chi connectivity index (χ0v) is 7.62. The van der Waals surface area contributed by atoms with Gasteiger partial charge in [0.25, 0.3) is 0 Å². The third kappa shape index (κ3) is 1.56. The normalized spacial score (nSPS) is 35.8. The summed E-state index contributed by atoms with van der Waals surface area (Å²) >= 11 is 0. The van der Waals surface area contributed by atoms with E-state index in [0.29, 0.717) is 12.8 Å². The molecule has 13 heavy (non-hydrogen) atoms. The van der Waals surface area contributed by atoms with Gasteiger partial charge in [-0.15, -0.1) is 0 Å². The Labute approximate surface area is 77.5 Å². The highest BCUT2D eigenvalue weighted by Gasteiger charge is 2.42. The number of aliphatic hydroxyl groups excluding tert-OH is 1. The lowest BCUT2D eigenvalue weighted by molar-refractivity contribution is -0.131. The molecule has 0 atom stereocenters. The predicted molar refractivity (Wildman–Crippen MR) is 47.9 cm³/mol. The van der Waals surface area contributed by atoms with Gasteiger partial charge >= 0.3 is 0 Å². The van der Waals surface area contributed by atoms with Gasteiger partial charge in [0.15, 0.2) is 0 Å². The standard InChI is InChI=1S/C9H16N2O2/c10-9(2-1-3-9)8(13)11-6-4-7(12)5-6/h6-7,12H,1-5,10H2,(H,11,13). The first-order valence-corrected chi connectivity index (χ1v) is 4.88. The molecule has 2 fully saturated rings. The van der Waals surface area contributed by atoms with E-state index in [2.05, 4.69) is 5.32 Å². The summed E-state index contributed by atoms with van der Waals surface area (Å²) in [4.78, 5) is 11.5. The summed E-state index contributed by atoms with van der Waals surface area (Å²) in [6, 6.07) is 0.156. The van der Waals surface area contributed by atoms with E-state index in [-0.39, 0.29) is 18.1 Å². The first-order valence-electron chi connectivity index (χ1n) is 4.88. The van der Waals surface area contributed by atoms with Crippen LogP contribution in [0.4, 0.5) is 0 Å². The lowest BCUT2D eigenvalue weighted by Crippen LogP contribution is -2.62. The number of hydrogen-bond acceptors (Lipinski definition) is 3. The molecule has 0 aromatic heterocycles. The fourth-order valence-corrected chi connectivity index (χ4v) is 1.82. The number of nitrogens with two attached hydrogens (primary N) is 1. The van der Waals surface area contributed by atoms with Gasteiger partial charge in [-0.05, 0) is 32.1 Å². The van der Waals surface area contributed by atoms with E-state index in [0.717, 1.165) is 19.3 Å². The molecular weight excluding hydrogens is 168 g/mol. The van der Waals surface area contributed by atoms with Gasteiger partial charge in [0.2, 0.25) is 5.91 Å². The zero-order valence-electron chi connectivity index (χ0n) is 7.62. The number of carbonyl (C=O) groups excluding carboxylic acids is 1. The van der Waals surface area contributed by atoms with Crippen LogP contribution < -0.4 is 11.1 Å². The largest absolute Gasteiger partial charge is 0.393 e. The third-order valence-electron chi connectivity index (χ3n) is 3.15. The number of nitrogens with one attached hydrogen (secondary N) is 1. The minimum atomic E-state index is -0.597. The van der Waals surface area contributed by atoms with Gasteiger partial charge in [-0.25, -0.2) is 0 Å². The van der Waals surface area contributed by atoms with E-state index in [4.69, 9.17) is 10.8 Å². The summed E-state index contributed by atoms with van der Waals surface area (Å²) in [6.45, 7) is 0. The molecule has 0 heterocycles. The van der Waals surface area contributed by atoms with E-state index in [1.54, 1.807) is 0 Å². The van der Waals surface area contributed by atoms with Crippen molar-refractivity contribution in [3.63, 3.8) is 0 Å². The maximum atomic E-state index is 11.5. The molecule has 4 nitrogen and oxygen atoms in total. The molecule has 0 spiro atoms. The molecule has 4 N–H and O–H groups in total. The molecule has 0 aliphatic heterocycles. The van der Waals surface area contributed by atoms with Crippen LogP contribution in [0, 0.1) is 0 Å². The second-order valence-electron chi connectivity index (χ2n) is 4.31. The average Bonchev–Trinajstić information content (AvgIpc) is 1.97. The molecule has 0 aromatic carbocycles. The van der Waals surface area contributed by atoms with Gasteiger partial charge in [0, 0.05) is 6.04 Å². The van der Waals surface area contributed by atoms with Crippen LogP contribution >= 0.6 is 0 Å². The Morgan fingerprint density at radius 2 is 2.08 bits per heavy atom. The van der Waals surface area contributed by atoms with Crippen LogP contribution in [-0.4, -0.2) is 28.7 Å². The summed E-state index contributed by atoms with van der Waals surface area (Å²) in [7, 11) is 0. The Bertz CT molecular complexity index is 220. The molecule has 0 aromatic rings. The summed E-state index contributed by atoms with van der Waals surface area (Å²) in [5.41, 5.74) is 5.24. The number of hydrogen-bond donors (Lipinski definition) is 3. The molecule has 2 saturated carbocycles. The summed E-state index contributed by atoms with van der Waals surface area (Å²) < 4.78 is 0. The fourth-order valence-electron chi connectivity index (χ4n) is 1.82. The number of carbonyl (C=O) groups is 1. The molecule has 0 saturated heterocycles. The van der Waals surface area contributed by atoms with Crippen molar-refractivity contribution in [1.82, 2.24) is 5.32 Å². The van der Waals surface area contributed by atoms with Gasteiger partial charge in [-0.3, -0.25) is 4.79 Å². The van der Waals surface area contributed by atoms with Gasteiger partial charge < -0.3 is 16.2 Å². The van der Waals surface area contributed by atoms with E-state index in [1.165, 1.54) is 0 Å². The SMILES string of the molecule is NC1(C(=O)NC2CC(O)C2)CCC1. The maximum Gasteiger partial charge on any atom is 0.240 e. The zero-order chi connectivity index (χ0) is 9.47. The van der Waals surface area contributed by atoms with Crippen molar-refractivity contribution in [2.45, 2.75) is 49.8 Å². The predicted octanol–water partition coefficient (Wildman–Crippen LogP) is -0.493. The van der Waals surface area contributed by atoms with E-state index in [9.17, 15) is 4.79 Å². The second kappa shape index (κ2) is 2.96. The highest BCUT2D eigenvalue weighted by Crippen LogP contribution is 2.30. The van der Waals surface area contributed by atoms with Gasteiger partial charge in [-0.1, -0.05) is 0 Å². The van der Waals surface area contributed by atoms with Crippen LogP contribution in [0.1, 0.15) is 32.1 Å². The van der Waals surface area contributed by atoms with Crippen LogP contribution in [-0.2, 0) is 4.79 Å². The molecule has 4 heteroatoms. The van der Waals surface area contributed by atoms with Crippen molar-refractivity contribution in [3.05, 3.63) is 0 Å².